The zero-order valence-corrected chi connectivity index (χ0v) is 20.6. The zero-order chi connectivity index (χ0) is 22.3. The molecule has 1 aromatic carbocycles. The summed E-state index contributed by atoms with van der Waals surface area (Å²) in [6.45, 7) is 7.07. The first-order chi connectivity index (χ1) is 15.4. The highest BCUT2D eigenvalue weighted by atomic mass is 32.2. The first kappa shape index (κ1) is 21.6. The summed E-state index contributed by atoms with van der Waals surface area (Å²) < 4.78 is 28.7. The number of benzene rings is 1. The van der Waals surface area contributed by atoms with Gasteiger partial charge < -0.3 is 4.98 Å². The van der Waals surface area contributed by atoms with Crippen molar-refractivity contribution in [3.05, 3.63) is 52.9 Å². The number of nitrogens with zero attached hydrogens (tertiary/aromatic N) is 3. The molecule has 9 heteroatoms. The van der Waals surface area contributed by atoms with E-state index in [2.05, 4.69) is 20.9 Å². The van der Waals surface area contributed by atoms with Crippen molar-refractivity contribution >= 4 is 49.3 Å². The van der Waals surface area contributed by atoms with Gasteiger partial charge in [0.15, 0.2) is 0 Å². The minimum absolute atomic E-state index is 0.230. The summed E-state index contributed by atoms with van der Waals surface area (Å²) in [5, 5.41) is 3.69. The summed E-state index contributed by atoms with van der Waals surface area (Å²) in [6.07, 6.45) is 4.51. The molecule has 0 spiro atoms. The molecule has 1 saturated heterocycles. The number of hydrogen-bond acceptors (Lipinski definition) is 6. The number of rotatable bonds is 7. The van der Waals surface area contributed by atoms with Gasteiger partial charge >= 0.3 is 0 Å². The molecule has 4 heterocycles. The predicted molar refractivity (Wildman–Crippen MR) is 133 cm³/mol. The summed E-state index contributed by atoms with van der Waals surface area (Å²) in [5.41, 5.74) is 2.39. The third-order valence-electron chi connectivity index (χ3n) is 5.71. The van der Waals surface area contributed by atoms with Gasteiger partial charge in [0.1, 0.15) is 9.22 Å². The van der Waals surface area contributed by atoms with Crippen molar-refractivity contribution in [1.29, 1.82) is 0 Å². The number of nitrogens with one attached hydrogen (secondary N) is 1. The highest BCUT2D eigenvalue weighted by Gasteiger charge is 2.30. The minimum atomic E-state index is -3.65. The van der Waals surface area contributed by atoms with E-state index in [-0.39, 0.29) is 6.04 Å². The molecule has 5 rings (SSSR count). The van der Waals surface area contributed by atoms with Gasteiger partial charge in [-0.1, -0.05) is 18.2 Å². The van der Waals surface area contributed by atoms with Crippen LogP contribution in [-0.4, -0.2) is 42.4 Å². The largest absolute Gasteiger partial charge is 0.351 e. The normalized spacial score (nSPS) is 15.2. The van der Waals surface area contributed by atoms with E-state index in [1.807, 2.05) is 38.2 Å². The van der Waals surface area contributed by atoms with E-state index in [4.69, 9.17) is 0 Å². The van der Waals surface area contributed by atoms with Crippen LogP contribution in [-0.2, 0) is 16.6 Å². The molecule has 0 saturated carbocycles. The molecule has 32 heavy (non-hydrogen) atoms. The molecule has 1 N–H and O–H groups in total. The third-order valence-corrected chi connectivity index (χ3v) is 10.1. The fourth-order valence-electron chi connectivity index (χ4n) is 4.30. The first-order valence-corrected chi connectivity index (χ1v) is 13.9. The molecule has 6 nitrogen and oxygen atoms in total. The Morgan fingerprint density at radius 3 is 2.72 bits per heavy atom. The molecule has 0 unspecified atom stereocenters. The predicted octanol–water partition coefficient (Wildman–Crippen LogP) is 5.55. The SMILES string of the molecule is CC(C)N(c1cccc2cc(-c3ncc(CN4CCCC4)s3)[nH]c12)S(=O)(=O)c1cccs1. The van der Waals surface area contributed by atoms with Crippen LogP contribution in [0, 0.1) is 0 Å². The topological polar surface area (TPSA) is 69.3 Å². The van der Waals surface area contributed by atoms with Gasteiger partial charge in [0.25, 0.3) is 10.0 Å². The van der Waals surface area contributed by atoms with Crippen molar-refractivity contribution in [1.82, 2.24) is 14.9 Å². The number of aromatic nitrogens is 2. The maximum atomic E-state index is 13.4. The van der Waals surface area contributed by atoms with Crippen molar-refractivity contribution in [2.24, 2.45) is 0 Å². The fourth-order valence-corrected chi connectivity index (χ4v) is 7.98. The molecule has 0 radical (unpaired) electrons. The lowest BCUT2D eigenvalue weighted by atomic mass is 10.2. The number of hydrogen-bond donors (Lipinski definition) is 1. The molecule has 1 aliphatic rings. The zero-order valence-electron chi connectivity index (χ0n) is 18.1. The van der Waals surface area contributed by atoms with Crippen LogP contribution in [0.3, 0.4) is 0 Å². The summed E-state index contributed by atoms with van der Waals surface area (Å²) in [5.74, 6) is 0. The number of fused-ring (bicyclic) bond motifs is 1. The number of sulfonamides is 1. The Balaban J connectivity index is 1.52. The van der Waals surface area contributed by atoms with Crippen LogP contribution in [0.15, 0.2) is 52.2 Å². The van der Waals surface area contributed by atoms with Crippen LogP contribution in [0.4, 0.5) is 5.69 Å². The van der Waals surface area contributed by atoms with Crippen molar-refractivity contribution in [3.8, 4) is 10.7 Å². The number of likely N-dealkylation sites (tertiary alicyclic amines) is 1. The van der Waals surface area contributed by atoms with Crippen LogP contribution >= 0.6 is 22.7 Å². The number of H-pyrrole nitrogens is 1. The monoisotopic (exact) mass is 486 g/mol. The van der Waals surface area contributed by atoms with Gasteiger partial charge in [0.2, 0.25) is 0 Å². The number of thiophene rings is 1. The van der Waals surface area contributed by atoms with Gasteiger partial charge in [-0.3, -0.25) is 9.21 Å². The Hall–Kier alpha value is -2.20. The van der Waals surface area contributed by atoms with Crippen LogP contribution in [0.25, 0.3) is 21.6 Å². The molecule has 4 aromatic rings. The standard InChI is InChI=1S/C23H26N4O2S3/c1-16(2)27(32(28,29)21-9-6-12-30-21)20-8-5-7-17-13-19(25-22(17)20)23-24-14-18(31-23)15-26-10-3-4-11-26/h5-9,12-14,16,25H,3-4,10-11,15H2,1-2H3. The number of para-hydroxylation sites is 1. The summed E-state index contributed by atoms with van der Waals surface area (Å²) in [6, 6.07) is 11.1. The van der Waals surface area contributed by atoms with E-state index >= 15 is 0 Å². The average Bonchev–Trinajstić information content (AvgIpc) is 3.53. The average molecular weight is 487 g/mol. The van der Waals surface area contributed by atoms with E-state index in [0.717, 1.165) is 41.2 Å². The Kier molecular flexibility index (Phi) is 5.83. The Morgan fingerprint density at radius 1 is 1.19 bits per heavy atom. The molecular weight excluding hydrogens is 460 g/mol. The Morgan fingerprint density at radius 2 is 2.00 bits per heavy atom. The van der Waals surface area contributed by atoms with E-state index < -0.39 is 10.0 Å². The molecule has 1 fully saturated rings. The van der Waals surface area contributed by atoms with Crippen molar-refractivity contribution in [3.63, 3.8) is 0 Å². The quantitative estimate of drug-likeness (QED) is 0.372. The van der Waals surface area contributed by atoms with E-state index in [1.165, 1.54) is 33.4 Å². The smallest absolute Gasteiger partial charge is 0.274 e. The van der Waals surface area contributed by atoms with Crippen molar-refractivity contribution in [2.45, 2.75) is 43.5 Å². The van der Waals surface area contributed by atoms with E-state index in [9.17, 15) is 8.42 Å². The van der Waals surface area contributed by atoms with Gasteiger partial charge in [-0.25, -0.2) is 13.4 Å². The fraction of sp³-hybridized carbons (Fsp3) is 0.348. The summed E-state index contributed by atoms with van der Waals surface area (Å²) in [4.78, 5) is 11.8. The van der Waals surface area contributed by atoms with Crippen molar-refractivity contribution in [2.75, 3.05) is 17.4 Å². The second kappa shape index (κ2) is 8.62. The van der Waals surface area contributed by atoms with Gasteiger partial charge in [0.05, 0.1) is 16.9 Å². The number of thiazole rings is 1. The summed E-state index contributed by atoms with van der Waals surface area (Å²) >= 11 is 2.94. The molecular formula is C23H26N4O2S3. The maximum Gasteiger partial charge on any atom is 0.274 e. The molecule has 0 amide bonds. The minimum Gasteiger partial charge on any atom is -0.351 e. The lowest BCUT2D eigenvalue weighted by Crippen LogP contribution is -2.36. The van der Waals surface area contributed by atoms with E-state index in [0.29, 0.717) is 9.90 Å². The molecule has 0 bridgehead atoms. The lowest BCUT2D eigenvalue weighted by molar-refractivity contribution is 0.334. The lowest BCUT2D eigenvalue weighted by Gasteiger charge is -2.28. The van der Waals surface area contributed by atoms with Gasteiger partial charge in [-0.05, 0) is 63.4 Å². The highest BCUT2D eigenvalue weighted by Crippen LogP contribution is 2.36. The maximum absolute atomic E-state index is 13.4. The van der Waals surface area contributed by atoms with E-state index in [1.54, 1.807) is 28.8 Å². The molecule has 3 aromatic heterocycles. The van der Waals surface area contributed by atoms with Crippen LogP contribution in [0.5, 0.6) is 0 Å². The van der Waals surface area contributed by atoms with Gasteiger partial charge in [0, 0.05) is 29.0 Å². The second-order valence-electron chi connectivity index (χ2n) is 8.37. The second-order valence-corrected chi connectivity index (χ2v) is 12.5. The van der Waals surface area contributed by atoms with Crippen LogP contribution < -0.4 is 4.31 Å². The van der Waals surface area contributed by atoms with Crippen molar-refractivity contribution < 1.29 is 8.42 Å². The molecule has 168 valence electrons. The van der Waals surface area contributed by atoms with Crippen LogP contribution in [0.1, 0.15) is 31.6 Å². The molecule has 0 atom stereocenters. The molecule has 1 aliphatic heterocycles. The van der Waals surface area contributed by atoms with Gasteiger partial charge in [-0.15, -0.1) is 22.7 Å². The van der Waals surface area contributed by atoms with Gasteiger partial charge in [-0.2, -0.15) is 0 Å². The Bertz CT molecular complexity index is 1320. The highest BCUT2D eigenvalue weighted by molar-refractivity contribution is 7.94. The first-order valence-electron chi connectivity index (χ1n) is 10.8. The Labute approximate surface area is 196 Å². The van der Waals surface area contributed by atoms with Crippen LogP contribution in [0.2, 0.25) is 0 Å². The summed E-state index contributed by atoms with van der Waals surface area (Å²) in [7, 11) is -3.65. The number of aromatic amines is 1. The number of anilines is 1. The third kappa shape index (κ3) is 3.98. The molecule has 0 aliphatic carbocycles.